The molecule has 0 aliphatic heterocycles. The Morgan fingerprint density at radius 3 is 2.40 bits per heavy atom. The molecule has 2 aromatic heterocycles. The van der Waals surface area contributed by atoms with E-state index in [1.54, 1.807) is 49.6 Å². The molecule has 0 saturated heterocycles. The number of furan rings is 1. The monoisotopic (exact) mass is 617 g/mol. The molecule has 8 nitrogen and oxygen atoms in total. The number of para-hydroxylation sites is 1. The van der Waals surface area contributed by atoms with Crippen molar-refractivity contribution in [1.82, 2.24) is 9.99 Å². The van der Waals surface area contributed by atoms with Crippen LogP contribution in [0.25, 0.3) is 5.69 Å². The highest BCUT2D eigenvalue weighted by Gasteiger charge is 2.13. The van der Waals surface area contributed by atoms with Gasteiger partial charge in [0.25, 0.3) is 0 Å². The van der Waals surface area contributed by atoms with E-state index in [0.717, 1.165) is 22.6 Å². The molecule has 10 heteroatoms. The summed E-state index contributed by atoms with van der Waals surface area (Å²) in [7, 11) is 1.54. The van der Waals surface area contributed by atoms with Gasteiger partial charge in [0, 0.05) is 22.6 Å². The second-order valence-electron chi connectivity index (χ2n) is 9.61. The summed E-state index contributed by atoms with van der Waals surface area (Å²) in [5, 5.41) is 4.99. The Morgan fingerprint density at radius 2 is 1.67 bits per heavy atom. The number of aromatic nitrogens is 1. The third kappa shape index (κ3) is 7.23. The van der Waals surface area contributed by atoms with Crippen LogP contribution in [0.5, 0.6) is 17.2 Å². The van der Waals surface area contributed by atoms with Crippen molar-refractivity contribution < 1.29 is 23.4 Å². The third-order valence-corrected chi connectivity index (χ3v) is 7.34. The van der Waals surface area contributed by atoms with Crippen LogP contribution in [-0.2, 0) is 13.2 Å². The molecule has 0 saturated carbocycles. The Hall–Kier alpha value is -4.66. The Balaban J connectivity index is 1.17. The number of aryl methyl sites for hydroxylation is 2. The molecule has 0 bridgehead atoms. The second-order valence-corrected chi connectivity index (χ2v) is 10.4. The summed E-state index contributed by atoms with van der Waals surface area (Å²) in [6.07, 6.45) is 1.47. The number of hydrazone groups is 1. The molecule has 0 radical (unpaired) electrons. The quantitative estimate of drug-likeness (QED) is 0.120. The van der Waals surface area contributed by atoms with E-state index in [0.29, 0.717) is 38.6 Å². The van der Waals surface area contributed by atoms with Crippen LogP contribution >= 0.6 is 23.2 Å². The first-order valence-corrected chi connectivity index (χ1v) is 14.1. The van der Waals surface area contributed by atoms with Gasteiger partial charge in [0.05, 0.1) is 23.4 Å². The molecular formula is C33H29Cl2N3O5. The predicted octanol–water partition coefficient (Wildman–Crippen LogP) is 7.92. The molecule has 0 spiro atoms. The van der Waals surface area contributed by atoms with Gasteiger partial charge in [0.15, 0.2) is 17.3 Å². The van der Waals surface area contributed by atoms with Crippen molar-refractivity contribution >= 4 is 35.3 Å². The number of nitrogens with one attached hydrogen (secondary N) is 1. The van der Waals surface area contributed by atoms with Gasteiger partial charge < -0.3 is 23.2 Å². The van der Waals surface area contributed by atoms with Gasteiger partial charge in [-0.15, -0.1) is 0 Å². The minimum atomic E-state index is -0.509. The summed E-state index contributed by atoms with van der Waals surface area (Å²) in [4.78, 5) is 12.7. The van der Waals surface area contributed by atoms with Crippen LogP contribution in [0.4, 0.5) is 0 Å². The van der Waals surface area contributed by atoms with Crippen LogP contribution in [0.3, 0.4) is 0 Å². The fourth-order valence-corrected chi connectivity index (χ4v) is 4.77. The van der Waals surface area contributed by atoms with Crippen LogP contribution in [0.2, 0.25) is 10.0 Å². The number of carbonyl (C=O) groups excluding carboxylic acids is 1. The van der Waals surface area contributed by atoms with Crippen LogP contribution in [0.1, 0.15) is 38.8 Å². The highest BCUT2D eigenvalue weighted by atomic mass is 35.5. The number of methoxy groups -OCH3 is 1. The van der Waals surface area contributed by atoms with E-state index in [4.69, 9.17) is 41.8 Å². The van der Waals surface area contributed by atoms with Crippen LogP contribution < -0.4 is 19.6 Å². The van der Waals surface area contributed by atoms with Crippen LogP contribution in [0, 0.1) is 13.8 Å². The lowest BCUT2D eigenvalue weighted by Gasteiger charge is -2.13. The van der Waals surface area contributed by atoms with Gasteiger partial charge in [-0.25, -0.2) is 5.43 Å². The van der Waals surface area contributed by atoms with Gasteiger partial charge in [-0.3, -0.25) is 4.79 Å². The average Bonchev–Trinajstić information content (AvgIpc) is 3.63. The van der Waals surface area contributed by atoms with Crippen molar-refractivity contribution in [3.8, 4) is 22.9 Å². The van der Waals surface area contributed by atoms with Gasteiger partial charge in [0.1, 0.15) is 24.7 Å². The Bertz CT molecular complexity index is 1740. The van der Waals surface area contributed by atoms with E-state index in [-0.39, 0.29) is 19.0 Å². The fraction of sp³-hybridized carbons (Fsp3) is 0.152. The smallest absolute Gasteiger partial charge is 0.307 e. The summed E-state index contributed by atoms with van der Waals surface area (Å²) in [6.45, 7) is 4.53. The molecule has 0 atom stereocenters. The largest absolute Gasteiger partial charge is 0.493 e. The maximum Gasteiger partial charge on any atom is 0.307 e. The molecule has 0 fully saturated rings. The first-order valence-electron chi connectivity index (χ1n) is 13.4. The highest BCUT2D eigenvalue weighted by Crippen LogP contribution is 2.31. The molecule has 2 heterocycles. The third-order valence-electron chi connectivity index (χ3n) is 6.60. The van der Waals surface area contributed by atoms with E-state index >= 15 is 0 Å². The Labute approximate surface area is 259 Å². The zero-order chi connectivity index (χ0) is 30.3. The zero-order valence-corrected chi connectivity index (χ0v) is 25.3. The van der Waals surface area contributed by atoms with E-state index in [9.17, 15) is 4.79 Å². The number of amides is 1. The van der Waals surface area contributed by atoms with E-state index in [1.165, 1.54) is 6.21 Å². The van der Waals surface area contributed by atoms with Crippen LogP contribution in [-0.4, -0.2) is 23.8 Å². The van der Waals surface area contributed by atoms with Crippen molar-refractivity contribution in [3.05, 3.63) is 129 Å². The minimum Gasteiger partial charge on any atom is -0.493 e. The van der Waals surface area contributed by atoms with Gasteiger partial charge in [-0.05, 0) is 92.2 Å². The minimum absolute atomic E-state index is 0.103. The molecule has 3 aromatic carbocycles. The standard InChI is InChI=1S/C33H29Cl2N3O5/c1-21-7-8-22(2)38(21)25-10-12-26(13-11-25)41-20-27-14-16-31(43-27)33(39)37-36-18-24-5-4-6-30(40-3)32(24)42-19-23-9-15-28(34)29(35)17-23/h4-18H,19-20H2,1-3H3,(H,37,39). The molecule has 43 heavy (non-hydrogen) atoms. The molecule has 1 amide bonds. The molecule has 0 aliphatic carbocycles. The molecule has 5 aromatic rings. The van der Waals surface area contributed by atoms with Crippen molar-refractivity contribution in [2.75, 3.05) is 7.11 Å². The number of nitrogens with zero attached hydrogens (tertiary/aromatic N) is 2. The van der Waals surface area contributed by atoms with Crippen molar-refractivity contribution in [2.45, 2.75) is 27.1 Å². The van der Waals surface area contributed by atoms with Gasteiger partial charge in [-0.1, -0.05) is 35.3 Å². The number of benzene rings is 3. The number of hydrogen-bond acceptors (Lipinski definition) is 6. The number of ether oxygens (including phenoxy) is 3. The lowest BCUT2D eigenvalue weighted by molar-refractivity contribution is 0.0923. The van der Waals surface area contributed by atoms with E-state index in [1.807, 2.05) is 30.3 Å². The first kappa shape index (κ1) is 29.8. The predicted molar refractivity (Wildman–Crippen MR) is 167 cm³/mol. The van der Waals surface area contributed by atoms with E-state index in [2.05, 4.69) is 41.1 Å². The first-order chi connectivity index (χ1) is 20.8. The number of halogens is 2. The molecule has 5 rings (SSSR count). The van der Waals surface area contributed by atoms with Crippen molar-refractivity contribution in [3.63, 3.8) is 0 Å². The van der Waals surface area contributed by atoms with Gasteiger partial charge in [-0.2, -0.15) is 5.10 Å². The molecule has 0 unspecified atom stereocenters. The van der Waals surface area contributed by atoms with E-state index < -0.39 is 5.91 Å². The summed E-state index contributed by atoms with van der Waals surface area (Å²) in [5.74, 6) is 1.75. The number of rotatable bonds is 11. The maximum atomic E-state index is 12.7. The molecular weight excluding hydrogens is 589 g/mol. The van der Waals surface area contributed by atoms with Crippen LogP contribution in [0.15, 0.2) is 94.4 Å². The number of carbonyl (C=O) groups is 1. The zero-order valence-electron chi connectivity index (χ0n) is 23.8. The fourth-order valence-electron chi connectivity index (χ4n) is 4.45. The molecule has 220 valence electrons. The SMILES string of the molecule is COc1cccc(C=NNC(=O)c2ccc(COc3ccc(-n4c(C)ccc4C)cc3)o2)c1OCc1ccc(Cl)c(Cl)c1. The summed E-state index contributed by atoms with van der Waals surface area (Å²) in [6, 6.07) is 25.9. The van der Waals surface area contributed by atoms with Crippen molar-refractivity contribution in [2.24, 2.45) is 5.10 Å². The van der Waals surface area contributed by atoms with Gasteiger partial charge in [0.2, 0.25) is 0 Å². The summed E-state index contributed by atoms with van der Waals surface area (Å²) in [5.41, 5.74) is 7.29. The Kier molecular flexibility index (Phi) is 9.39. The molecule has 1 N–H and O–H groups in total. The lowest BCUT2D eigenvalue weighted by Crippen LogP contribution is -2.17. The Morgan fingerprint density at radius 1 is 0.907 bits per heavy atom. The number of hydrogen-bond donors (Lipinski definition) is 1. The summed E-state index contributed by atoms with van der Waals surface area (Å²) >= 11 is 12.1. The van der Waals surface area contributed by atoms with Crippen molar-refractivity contribution in [1.29, 1.82) is 0 Å². The highest BCUT2D eigenvalue weighted by molar-refractivity contribution is 6.42. The molecule has 0 aliphatic rings. The average molecular weight is 619 g/mol. The summed E-state index contributed by atoms with van der Waals surface area (Å²) < 4.78 is 25.2. The second kappa shape index (κ2) is 13.5. The lowest BCUT2D eigenvalue weighted by atomic mass is 10.2. The normalized spacial score (nSPS) is 11.1. The topological polar surface area (TPSA) is 87.2 Å². The maximum absolute atomic E-state index is 12.7. The van der Waals surface area contributed by atoms with Gasteiger partial charge >= 0.3 is 5.91 Å².